The molecule has 0 aromatic heterocycles. The number of hydrogen-bond donors (Lipinski definition) is 2. The second-order valence-electron chi connectivity index (χ2n) is 6.52. The second kappa shape index (κ2) is 11.8. The third kappa shape index (κ3) is 7.08. The average Bonchev–Trinajstić information content (AvgIpc) is 2.72. The molecule has 0 saturated heterocycles. The molecule has 0 aliphatic rings. The zero-order chi connectivity index (χ0) is 20.2. The zero-order valence-electron chi connectivity index (χ0n) is 16.4. The maximum atomic E-state index is 12.0. The number of benzene rings is 2. The van der Waals surface area contributed by atoms with Crippen molar-refractivity contribution < 1.29 is 19.4 Å². The number of carbonyl (C=O) groups is 1. The number of nitrogens with one attached hydrogen (secondary N) is 1. The van der Waals surface area contributed by atoms with Crippen LogP contribution in [0, 0.1) is 0 Å². The fourth-order valence-corrected chi connectivity index (χ4v) is 2.60. The molecule has 2 rings (SSSR count). The number of aliphatic hydroxyl groups excluding tert-OH is 1. The summed E-state index contributed by atoms with van der Waals surface area (Å²) in [6.45, 7) is 6.69. The predicted octanol–water partition coefficient (Wildman–Crippen LogP) is 4.22. The summed E-state index contributed by atoms with van der Waals surface area (Å²) in [5, 5.41) is 13.3. The Labute approximate surface area is 167 Å². The van der Waals surface area contributed by atoms with Gasteiger partial charge in [0.2, 0.25) is 0 Å². The van der Waals surface area contributed by atoms with E-state index in [9.17, 15) is 9.90 Å². The number of unbranched alkanes of at least 4 members (excludes halogenated alkanes) is 1. The van der Waals surface area contributed by atoms with Gasteiger partial charge in [-0.3, -0.25) is 0 Å². The Bertz CT molecular complexity index is 760. The Kier molecular flexibility index (Phi) is 9.08. The van der Waals surface area contributed by atoms with Crippen LogP contribution in [0.25, 0.3) is 0 Å². The Hall–Kier alpha value is -2.79. The summed E-state index contributed by atoms with van der Waals surface area (Å²) in [5.74, 6) is 0.415. The van der Waals surface area contributed by atoms with Crippen LogP contribution in [-0.4, -0.2) is 36.9 Å². The van der Waals surface area contributed by atoms with Gasteiger partial charge in [-0.15, -0.1) is 6.58 Å². The van der Waals surface area contributed by atoms with Crippen molar-refractivity contribution in [3.05, 3.63) is 72.3 Å². The minimum absolute atomic E-state index is 0.167. The fraction of sp³-hybridized carbons (Fsp3) is 0.348. The van der Waals surface area contributed by atoms with Crippen molar-refractivity contribution in [3.8, 4) is 5.75 Å². The number of allylic oxidation sites excluding steroid dienone is 1. The van der Waals surface area contributed by atoms with Gasteiger partial charge in [0.05, 0.1) is 12.2 Å². The lowest BCUT2D eigenvalue weighted by Crippen LogP contribution is -2.26. The molecule has 0 amide bonds. The van der Waals surface area contributed by atoms with E-state index in [1.165, 1.54) is 0 Å². The largest absolute Gasteiger partial charge is 0.491 e. The summed E-state index contributed by atoms with van der Waals surface area (Å²) >= 11 is 0. The second-order valence-corrected chi connectivity index (χ2v) is 6.52. The normalized spacial score (nSPS) is 11.5. The van der Waals surface area contributed by atoms with Gasteiger partial charge in [0.15, 0.2) is 0 Å². The van der Waals surface area contributed by atoms with Gasteiger partial charge < -0.3 is 19.9 Å². The first-order valence-electron chi connectivity index (χ1n) is 9.64. The molecule has 28 heavy (non-hydrogen) atoms. The van der Waals surface area contributed by atoms with Gasteiger partial charge >= 0.3 is 5.97 Å². The van der Waals surface area contributed by atoms with Crippen LogP contribution < -0.4 is 10.1 Å². The van der Waals surface area contributed by atoms with Crippen LogP contribution in [0.4, 0.5) is 5.69 Å². The van der Waals surface area contributed by atoms with Crippen molar-refractivity contribution in [1.82, 2.24) is 0 Å². The van der Waals surface area contributed by atoms with E-state index in [0.717, 1.165) is 29.8 Å². The molecular formula is C23H29NO4. The molecule has 5 nitrogen and oxygen atoms in total. The third-order valence-electron chi connectivity index (χ3n) is 4.14. The van der Waals surface area contributed by atoms with E-state index >= 15 is 0 Å². The van der Waals surface area contributed by atoms with Crippen molar-refractivity contribution in [3.63, 3.8) is 0 Å². The monoisotopic (exact) mass is 383 g/mol. The highest BCUT2D eigenvalue weighted by Gasteiger charge is 2.10. The number of aliphatic hydroxyl groups is 1. The first kappa shape index (κ1) is 21.5. The van der Waals surface area contributed by atoms with E-state index in [-0.39, 0.29) is 12.6 Å². The van der Waals surface area contributed by atoms with Crippen LogP contribution in [0.1, 0.15) is 35.7 Å². The SMILES string of the molecule is C=CCc1ccccc1OCC(O)CNc1cccc(C(=O)OCCCC)c1. The van der Waals surface area contributed by atoms with E-state index in [1.54, 1.807) is 18.2 Å². The maximum Gasteiger partial charge on any atom is 0.338 e. The summed E-state index contributed by atoms with van der Waals surface area (Å²) in [7, 11) is 0. The molecule has 2 N–H and O–H groups in total. The lowest BCUT2D eigenvalue weighted by Gasteiger charge is -2.16. The van der Waals surface area contributed by atoms with E-state index in [2.05, 4.69) is 11.9 Å². The molecule has 0 bridgehead atoms. The molecular weight excluding hydrogens is 354 g/mol. The zero-order valence-corrected chi connectivity index (χ0v) is 16.4. The smallest absolute Gasteiger partial charge is 0.338 e. The van der Waals surface area contributed by atoms with Gasteiger partial charge in [-0.05, 0) is 42.7 Å². The van der Waals surface area contributed by atoms with Crippen LogP contribution in [-0.2, 0) is 11.2 Å². The topological polar surface area (TPSA) is 67.8 Å². The number of hydrogen-bond acceptors (Lipinski definition) is 5. The van der Waals surface area contributed by atoms with E-state index in [0.29, 0.717) is 25.1 Å². The summed E-state index contributed by atoms with van der Waals surface area (Å²) in [4.78, 5) is 12.0. The lowest BCUT2D eigenvalue weighted by molar-refractivity contribution is 0.0500. The number of esters is 1. The summed E-state index contributed by atoms with van der Waals surface area (Å²) in [6.07, 6.45) is 3.67. The Morgan fingerprint density at radius 2 is 2.07 bits per heavy atom. The minimum atomic E-state index is -0.697. The average molecular weight is 383 g/mol. The summed E-state index contributed by atoms with van der Waals surface area (Å²) in [5.41, 5.74) is 2.27. The molecule has 0 aliphatic carbocycles. The molecule has 150 valence electrons. The molecule has 0 radical (unpaired) electrons. The molecule has 2 aromatic carbocycles. The highest BCUT2D eigenvalue weighted by atomic mass is 16.5. The Morgan fingerprint density at radius 1 is 1.25 bits per heavy atom. The minimum Gasteiger partial charge on any atom is -0.491 e. The van der Waals surface area contributed by atoms with Crippen LogP contribution in [0.5, 0.6) is 5.75 Å². The molecule has 0 aliphatic heterocycles. The third-order valence-corrected chi connectivity index (χ3v) is 4.14. The van der Waals surface area contributed by atoms with Gasteiger partial charge in [-0.1, -0.05) is 43.7 Å². The van der Waals surface area contributed by atoms with E-state index < -0.39 is 6.10 Å². The Morgan fingerprint density at radius 3 is 2.86 bits per heavy atom. The number of rotatable bonds is 12. The Balaban J connectivity index is 1.82. The quantitative estimate of drug-likeness (QED) is 0.326. The number of anilines is 1. The van der Waals surface area contributed by atoms with Crippen molar-refractivity contribution in [2.24, 2.45) is 0 Å². The number of carbonyl (C=O) groups excluding carboxylic acids is 1. The van der Waals surface area contributed by atoms with Gasteiger partial charge in [-0.25, -0.2) is 4.79 Å². The van der Waals surface area contributed by atoms with E-state index in [4.69, 9.17) is 9.47 Å². The maximum absolute atomic E-state index is 12.0. The summed E-state index contributed by atoms with van der Waals surface area (Å²) in [6, 6.07) is 14.8. The van der Waals surface area contributed by atoms with Gasteiger partial charge in [0.25, 0.3) is 0 Å². The van der Waals surface area contributed by atoms with Gasteiger partial charge in [-0.2, -0.15) is 0 Å². The van der Waals surface area contributed by atoms with Crippen molar-refractivity contribution in [2.75, 3.05) is 25.1 Å². The number of ether oxygens (including phenoxy) is 2. The fourth-order valence-electron chi connectivity index (χ4n) is 2.60. The molecule has 1 unspecified atom stereocenters. The van der Waals surface area contributed by atoms with Crippen LogP contribution >= 0.6 is 0 Å². The predicted molar refractivity (Wildman–Crippen MR) is 112 cm³/mol. The van der Waals surface area contributed by atoms with Crippen LogP contribution in [0.15, 0.2) is 61.2 Å². The summed E-state index contributed by atoms with van der Waals surface area (Å²) < 4.78 is 11.0. The highest BCUT2D eigenvalue weighted by Crippen LogP contribution is 2.19. The standard InChI is InChI=1S/C23H29NO4/c1-3-5-14-27-23(26)19-11-8-12-20(15-19)24-16-21(25)17-28-22-13-7-6-10-18(22)9-4-2/h4,6-8,10-13,15,21,24-25H,2-3,5,9,14,16-17H2,1H3. The lowest BCUT2D eigenvalue weighted by atomic mass is 10.1. The molecule has 2 aromatic rings. The first-order chi connectivity index (χ1) is 13.6. The van der Waals surface area contributed by atoms with Crippen molar-refractivity contribution >= 4 is 11.7 Å². The first-order valence-corrected chi connectivity index (χ1v) is 9.64. The van der Waals surface area contributed by atoms with Crippen molar-refractivity contribution in [2.45, 2.75) is 32.3 Å². The molecule has 1 atom stereocenters. The number of para-hydroxylation sites is 1. The van der Waals surface area contributed by atoms with Crippen molar-refractivity contribution in [1.29, 1.82) is 0 Å². The van der Waals surface area contributed by atoms with Crippen LogP contribution in [0.3, 0.4) is 0 Å². The molecule has 0 heterocycles. The molecule has 0 spiro atoms. The van der Waals surface area contributed by atoms with E-state index in [1.807, 2.05) is 43.3 Å². The molecule has 0 saturated carbocycles. The molecule has 5 heteroatoms. The van der Waals surface area contributed by atoms with Gasteiger partial charge in [0.1, 0.15) is 18.5 Å². The molecule has 0 fully saturated rings. The van der Waals surface area contributed by atoms with Crippen LogP contribution in [0.2, 0.25) is 0 Å². The highest BCUT2D eigenvalue weighted by molar-refractivity contribution is 5.90. The van der Waals surface area contributed by atoms with Gasteiger partial charge in [0, 0.05) is 12.2 Å².